The van der Waals surface area contributed by atoms with Crippen LogP contribution in [0.25, 0.3) is 17.3 Å². The Morgan fingerprint density at radius 3 is 2.25 bits per heavy atom. The minimum Gasteiger partial charge on any atom is -0.494 e. The highest BCUT2D eigenvalue weighted by atomic mass is 32.2. The molecule has 11 nitrogen and oxygen atoms in total. The maximum atomic E-state index is 13.4. The van der Waals surface area contributed by atoms with E-state index in [-0.39, 0.29) is 17.5 Å². The maximum absolute atomic E-state index is 13.4. The lowest BCUT2D eigenvalue weighted by atomic mass is 10.2. The molecule has 0 saturated carbocycles. The van der Waals surface area contributed by atoms with Crippen molar-refractivity contribution in [2.75, 3.05) is 18.9 Å². The Morgan fingerprint density at radius 2 is 1.67 bits per heavy atom. The monoisotopic (exact) mass is 513 g/mol. The number of hydrogen-bond acceptors (Lipinski definition) is 9. The third-order valence-electron chi connectivity index (χ3n) is 5.63. The number of anilines is 1. The van der Waals surface area contributed by atoms with Gasteiger partial charge in [-0.25, -0.2) is 8.42 Å². The van der Waals surface area contributed by atoms with Gasteiger partial charge < -0.3 is 19.0 Å². The minimum atomic E-state index is -4.18. The van der Waals surface area contributed by atoms with Crippen LogP contribution in [-0.2, 0) is 10.0 Å². The molecule has 36 heavy (non-hydrogen) atoms. The topological polar surface area (TPSA) is 142 Å². The number of hydrogen-bond donors (Lipinski definition) is 2. The first-order valence-electron chi connectivity index (χ1n) is 11.0. The Hall–Kier alpha value is -3.90. The van der Waals surface area contributed by atoms with Gasteiger partial charge in [0.25, 0.3) is 0 Å². The third kappa shape index (κ3) is 4.77. The molecule has 12 heteroatoms. The van der Waals surface area contributed by atoms with Gasteiger partial charge in [0.05, 0.1) is 19.9 Å². The number of para-hydroxylation sites is 1. The molecule has 4 rings (SSSR count). The average Bonchev–Trinajstić information content (AvgIpc) is 3.47. The molecule has 0 saturated heterocycles. The number of furan rings is 1. The van der Waals surface area contributed by atoms with Gasteiger partial charge in [-0.15, -0.1) is 10.2 Å². The molecular weight excluding hydrogens is 486 g/mol. The zero-order valence-electron chi connectivity index (χ0n) is 20.5. The number of benzene rings is 1. The van der Waals surface area contributed by atoms with E-state index in [0.29, 0.717) is 34.4 Å². The molecular formula is C24H27N5O6S. The van der Waals surface area contributed by atoms with Crippen LogP contribution in [-0.4, -0.2) is 52.7 Å². The number of aliphatic hydroxyl groups excluding tert-OH is 1. The predicted molar refractivity (Wildman–Crippen MR) is 133 cm³/mol. The molecule has 3 heterocycles. The summed E-state index contributed by atoms with van der Waals surface area (Å²) in [5, 5.41) is 17.8. The van der Waals surface area contributed by atoms with Crippen LogP contribution in [0.2, 0.25) is 0 Å². The highest BCUT2D eigenvalue weighted by Crippen LogP contribution is 2.38. The Labute approximate surface area is 208 Å². The van der Waals surface area contributed by atoms with Crippen molar-refractivity contribution in [2.24, 2.45) is 0 Å². The number of aromatic nitrogens is 4. The second-order valence-corrected chi connectivity index (χ2v) is 10.1. The van der Waals surface area contributed by atoms with Crippen LogP contribution >= 0.6 is 0 Å². The van der Waals surface area contributed by atoms with E-state index in [9.17, 15) is 13.5 Å². The van der Waals surface area contributed by atoms with Gasteiger partial charge in [0.15, 0.2) is 5.76 Å². The van der Waals surface area contributed by atoms with Gasteiger partial charge in [-0.1, -0.05) is 12.1 Å². The summed E-state index contributed by atoms with van der Waals surface area (Å²) >= 11 is 0. The lowest BCUT2D eigenvalue weighted by Gasteiger charge is -2.21. The van der Waals surface area contributed by atoms with E-state index < -0.39 is 21.4 Å². The molecule has 3 aromatic heterocycles. The lowest BCUT2D eigenvalue weighted by Crippen LogP contribution is -2.32. The number of pyridine rings is 1. The fourth-order valence-corrected chi connectivity index (χ4v) is 4.74. The van der Waals surface area contributed by atoms with Crippen molar-refractivity contribution in [1.82, 2.24) is 19.7 Å². The number of aliphatic hydroxyl groups is 1. The largest absolute Gasteiger partial charge is 0.494 e. The van der Waals surface area contributed by atoms with Gasteiger partial charge in [0.1, 0.15) is 34.3 Å². The zero-order valence-corrected chi connectivity index (χ0v) is 21.3. The highest BCUT2D eigenvalue weighted by Gasteiger charge is 2.33. The number of ether oxygens (including phenoxy) is 2. The predicted octanol–water partition coefficient (Wildman–Crippen LogP) is 3.42. The second kappa shape index (κ2) is 9.99. The van der Waals surface area contributed by atoms with E-state index in [0.717, 1.165) is 0 Å². The van der Waals surface area contributed by atoms with Crippen LogP contribution in [0.15, 0.2) is 52.9 Å². The molecule has 2 atom stereocenters. The van der Waals surface area contributed by atoms with Crippen molar-refractivity contribution in [3.63, 3.8) is 0 Å². The molecule has 0 aliphatic rings. The van der Waals surface area contributed by atoms with Crippen molar-refractivity contribution in [2.45, 2.75) is 32.1 Å². The van der Waals surface area contributed by atoms with E-state index >= 15 is 0 Å². The van der Waals surface area contributed by atoms with E-state index in [1.807, 2.05) is 0 Å². The van der Waals surface area contributed by atoms with Crippen LogP contribution in [0.1, 0.15) is 30.2 Å². The number of nitrogens with zero attached hydrogens (tertiary/aromatic N) is 4. The summed E-state index contributed by atoms with van der Waals surface area (Å²) in [4.78, 5) is 4.25. The van der Waals surface area contributed by atoms with Crippen molar-refractivity contribution in [1.29, 1.82) is 0 Å². The number of methoxy groups -OCH3 is 2. The van der Waals surface area contributed by atoms with E-state index in [1.165, 1.54) is 25.7 Å². The summed E-state index contributed by atoms with van der Waals surface area (Å²) in [5.41, 5.74) is 1.26. The van der Waals surface area contributed by atoms with E-state index in [1.54, 1.807) is 62.4 Å². The van der Waals surface area contributed by atoms with Crippen LogP contribution in [0.5, 0.6) is 11.5 Å². The lowest BCUT2D eigenvalue weighted by molar-refractivity contribution is 0.171. The molecule has 0 unspecified atom stereocenters. The summed E-state index contributed by atoms with van der Waals surface area (Å²) in [6.07, 6.45) is -1.38. The van der Waals surface area contributed by atoms with Gasteiger partial charge in [0, 0.05) is 5.69 Å². The Balaban J connectivity index is 1.82. The molecule has 1 aromatic carbocycles. The quantitative estimate of drug-likeness (QED) is 0.344. The first kappa shape index (κ1) is 25.2. The Morgan fingerprint density at radius 1 is 1.00 bits per heavy atom. The first-order valence-corrected chi connectivity index (χ1v) is 12.6. The number of sulfonamides is 1. The second-order valence-electron chi connectivity index (χ2n) is 8.10. The molecule has 0 amide bonds. The molecule has 4 aromatic rings. The molecule has 190 valence electrons. The standard InChI is InChI=1S/C24H27N5O6S/c1-14-8-6-9-17(25-14)22(30)16(3)36(31,32)28-24-27-26-23(20-13-12-15(2)35-20)29(24)21-18(33-4)10-7-11-19(21)34-5/h6-13,16,22,30H,1-5H3,(H,27,28)/t16-,22-/m1/s1. The van der Waals surface area contributed by atoms with Gasteiger partial charge in [0.2, 0.25) is 21.8 Å². The fraction of sp³-hybridized carbons (Fsp3) is 0.292. The molecule has 0 spiro atoms. The molecule has 0 radical (unpaired) electrons. The normalized spacial score (nSPS) is 13.3. The zero-order chi connectivity index (χ0) is 26.0. The maximum Gasteiger partial charge on any atom is 0.243 e. The third-order valence-corrected chi connectivity index (χ3v) is 7.33. The number of aryl methyl sites for hydroxylation is 2. The molecule has 0 bridgehead atoms. The van der Waals surface area contributed by atoms with Crippen molar-refractivity contribution in [3.8, 4) is 28.8 Å². The SMILES string of the molecule is COc1cccc(OC)c1-n1c(NS(=O)(=O)[C@H](C)[C@@H](O)c2cccc(C)n2)nnc1-c1ccc(C)o1. The number of rotatable bonds is 9. The van der Waals surface area contributed by atoms with Gasteiger partial charge >= 0.3 is 0 Å². The Kier molecular flexibility index (Phi) is 7.00. The molecule has 2 N–H and O–H groups in total. The first-order chi connectivity index (χ1) is 17.2. The summed E-state index contributed by atoms with van der Waals surface area (Å²) in [5.74, 6) is 1.84. The van der Waals surface area contributed by atoms with Crippen LogP contribution in [0, 0.1) is 13.8 Å². The Bertz CT molecular complexity index is 1460. The van der Waals surface area contributed by atoms with E-state index in [2.05, 4.69) is 19.9 Å². The van der Waals surface area contributed by atoms with Crippen molar-refractivity contribution < 1.29 is 27.4 Å². The van der Waals surface area contributed by atoms with Gasteiger partial charge in [-0.3, -0.25) is 14.3 Å². The summed E-state index contributed by atoms with van der Waals surface area (Å²) < 4.78 is 47.5. The smallest absolute Gasteiger partial charge is 0.243 e. The van der Waals surface area contributed by atoms with Crippen molar-refractivity contribution >= 4 is 16.0 Å². The van der Waals surface area contributed by atoms with E-state index in [4.69, 9.17) is 13.9 Å². The van der Waals surface area contributed by atoms with Gasteiger partial charge in [-0.05, 0) is 57.2 Å². The van der Waals surface area contributed by atoms with Crippen molar-refractivity contribution in [3.05, 3.63) is 65.7 Å². The summed E-state index contributed by atoms with van der Waals surface area (Å²) in [6, 6.07) is 13.6. The fourth-order valence-electron chi connectivity index (χ4n) is 3.69. The minimum absolute atomic E-state index is 0.141. The molecule has 0 aliphatic heterocycles. The van der Waals surface area contributed by atoms with Crippen LogP contribution in [0.4, 0.5) is 5.95 Å². The highest BCUT2D eigenvalue weighted by molar-refractivity contribution is 7.93. The molecule has 0 aliphatic carbocycles. The van der Waals surface area contributed by atoms with Crippen LogP contribution < -0.4 is 14.2 Å². The number of nitrogens with one attached hydrogen (secondary N) is 1. The molecule has 0 fully saturated rings. The van der Waals surface area contributed by atoms with Gasteiger partial charge in [-0.2, -0.15) is 0 Å². The average molecular weight is 514 g/mol. The van der Waals surface area contributed by atoms with Crippen LogP contribution in [0.3, 0.4) is 0 Å². The summed E-state index contributed by atoms with van der Waals surface area (Å²) in [7, 11) is -1.22. The summed E-state index contributed by atoms with van der Waals surface area (Å²) in [6.45, 7) is 4.92.